The molecule has 3 heterocycles. The predicted molar refractivity (Wildman–Crippen MR) is 101 cm³/mol. The largest absolute Gasteiger partial charge is 0.485 e. The van der Waals surface area contributed by atoms with Gasteiger partial charge in [-0.3, -0.25) is 4.79 Å². The molecule has 2 aromatic rings. The highest BCUT2D eigenvalue weighted by molar-refractivity contribution is 7.16. The Morgan fingerprint density at radius 1 is 1.36 bits per heavy atom. The molecule has 0 aliphatic carbocycles. The van der Waals surface area contributed by atoms with E-state index in [0.717, 1.165) is 10.4 Å². The van der Waals surface area contributed by atoms with Crippen molar-refractivity contribution in [3.8, 4) is 17.6 Å². The molecule has 9 heteroatoms. The second-order valence-corrected chi connectivity index (χ2v) is 7.42. The lowest BCUT2D eigenvalue weighted by atomic mass is 10.0. The molecule has 1 aromatic carbocycles. The van der Waals surface area contributed by atoms with Crippen LogP contribution in [0, 0.1) is 11.3 Å². The summed E-state index contributed by atoms with van der Waals surface area (Å²) in [7, 11) is 1.34. The molecule has 0 saturated carbocycles. The lowest BCUT2D eigenvalue weighted by Crippen LogP contribution is -2.40. The Balaban J connectivity index is 1.51. The number of methoxy groups -OCH3 is 1. The molecule has 144 valence electrons. The van der Waals surface area contributed by atoms with E-state index in [9.17, 15) is 14.9 Å². The number of hydrogen-bond donors (Lipinski definition) is 1. The van der Waals surface area contributed by atoms with Crippen LogP contribution < -0.4 is 14.8 Å². The highest BCUT2D eigenvalue weighted by Gasteiger charge is 2.31. The van der Waals surface area contributed by atoms with Crippen molar-refractivity contribution in [3.63, 3.8) is 0 Å². The van der Waals surface area contributed by atoms with Crippen molar-refractivity contribution >= 4 is 28.3 Å². The van der Waals surface area contributed by atoms with Crippen LogP contribution in [-0.4, -0.2) is 43.3 Å². The smallest absolute Gasteiger partial charge is 0.409 e. The predicted octanol–water partition coefficient (Wildman–Crippen LogP) is 2.52. The van der Waals surface area contributed by atoms with Gasteiger partial charge >= 0.3 is 6.09 Å². The number of nitriles is 1. The van der Waals surface area contributed by atoms with Crippen molar-refractivity contribution in [1.29, 1.82) is 5.26 Å². The van der Waals surface area contributed by atoms with E-state index in [0.29, 0.717) is 41.6 Å². The molecule has 0 radical (unpaired) electrons. The maximum atomic E-state index is 12.7. The van der Waals surface area contributed by atoms with Crippen LogP contribution in [0.1, 0.15) is 16.0 Å². The number of carbonyl (C=O) groups is 2. The van der Waals surface area contributed by atoms with E-state index in [1.165, 1.54) is 18.4 Å². The normalized spacial score (nSPS) is 17.3. The first kappa shape index (κ1) is 18.1. The van der Waals surface area contributed by atoms with Crippen molar-refractivity contribution in [2.24, 2.45) is 0 Å². The van der Waals surface area contributed by atoms with E-state index in [1.54, 1.807) is 23.1 Å². The van der Waals surface area contributed by atoms with Gasteiger partial charge in [-0.25, -0.2) is 4.79 Å². The maximum Gasteiger partial charge on any atom is 0.409 e. The zero-order valence-corrected chi connectivity index (χ0v) is 15.9. The van der Waals surface area contributed by atoms with Gasteiger partial charge in [0.2, 0.25) is 6.10 Å². The van der Waals surface area contributed by atoms with Crippen LogP contribution in [0.15, 0.2) is 24.3 Å². The third-order valence-corrected chi connectivity index (χ3v) is 5.77. The molecule has 0 spiro atoms. The number of thiophene rings is 1. The number of benzene rings is 1. The summed E-state index contributed by atoms with van der Waals surface area (Å²) in [5, 5.41) is 12.8. The molecule has 2 amide bonds. The fourth-order valence-electron chi connectivity index (χ4n) is 3.24. The number of anilines is 1. The van der Waals surface area contributed by atoms with Crippen molar-refractivity contribution in [2.75, 3.05) is 25.6 Å². The van der Waals surface area contributed by atoms with E-state index in [1.807, 2.05) is 6.07 Å². The monoisotopic (exact) mass is 399 g/mol. The summed E-state index contributed by atoms with van der Waals surface area (Å²) >= 11 is 1.30. The fraction of sp³-hybridized carbons (Fsp3) is 0.316. The first-order valence-electron chi connectivity index (χ1n) is 8.67. The Bertz CT molecular complexity index is 980. The molecule has 1 aromatic heterocycles. The molecule has 1 N–H and O–H groups in total. The number of ether oxygens (including phenoxy) is 3. The summed E-state index contributed by atoms with van der Waals surface area (Å²) in [6, 6.07) is 9.32. The minimum Gasteiger partial charge on any atom is -0.485 e. The number of rotatable bonds is 2. The number of fused-ring (bicyclic) bond motifs is 2. The molecular weight excluding hydrogens is 382 g/mol. The van der Waals surface area contributed by atoms with Crippen molar-refractivity contribution in [3.05, 3.63) is 40.3 Å². The van der Waals surface area contributed by atoms with Crippen LogP contribution in [0.4, 0.5) is 9.80 Å². The number of hydrogen-bond acceptors (Lipinski definition) is 7. The van der Waals surface area contributed by atoms with Crippen LogP contribution in [0.2, 0.25) is 0 Å². The summed E-state index contributed by atoms with van der Waals surface area (Å²) in [5.74, 6) is 0.724. The summed E-state index contributed by atoms with van der Waals surface area (Å²) in [4.78, 5) is 26.9. The topological polar surface area (TPSA) is 101 Å². The van der Waals surface area contributed by atoms with Crippen molar-refractivity contribution < 1.29 is 23.8 Å². The number of para-hydroxylation sites is 2. The molecule has 0 fully saturated rings. The molecule has 0 bridgehead atoms. The molecule has 28 heavy (non-hydrogen) atoms. The van der Waals surface area contributed by atoms with Gasteiger partial charge in [0.1, 0.15) is 17.7 Å². The molecule has 1 atom stereocenters. The average Bonchev–Trinajstić information content (AvgIpc) is 3.08. The van der Waals surface area contributed by atoms with Gasteiger partial charge in [0.05, 0.1) is 19.2 Å². The highest BCUT2D eigenvalue weighted by atomic mass is 32.1. The fourth-order valence-corrected chi connectivity index (χ4v) is 4.45. The van der Waals surface area contributed by atoms with E-state index < -0.39 is 12.2 Å². The Labute approximate surface area is 165 Å². The zero-order valence-electron chi connectivity index (χ0n) is 15.1. The lowest BCUT2D eigenvalue weighted by molar-refractivity contribution is -0.125. The Morgan fingerprint density at radius 2 is 2.14 bits per heavy atom. The van der Waals surface area contributed by atoms with Crippen LogP contribution in [0.3, 0.4) is 0 Å². The summed E-state index contributed by atoms with van der Waals surface area (Å²) < 4.78 is 16.1. The van der Waals surface area contributed by atoms with E-state index in [2.05, 4.69) is 11.4 Å². The van der Waals surface area contributed by atoms with Crippen LogP contribution in [0.25, 0.3) is 0 Å². The minimum absolute atomic E-state index is 0.0892. The standard InChI is InChI=1S/C19H17N3O5S/c1-25-19(24)22-7-6-11-12(8-20)18(28-16(11)9-22)21-17(23)15-10-26-13-4-2-3-5-14(13)27-15/h2-5,15H,6-7,9-10H2,1H3,(H,21,23)/t15-/m0/s1. The van der Waals surface area contributed by atoms with Gasteiger partial charge < -0.3 is 24.4 Å². The summed E-state index contributed by atoms with van der Waals surface area (Å²) in [6.45, 7) is 0.911. The van der Waals surface area contributed by atoms with E-state index >= 15 is 0 Å². The molecule has 0 saturated heterocycles. The third-order valence-electron chi connectivity index (χ3n) is 4.64. The molecule has 4 rings (SSSR count). The Hall–Kier alpha value is -3.25. The van der Waals surface area contributed by atoms with Crippen LogP contribution in [-0.2, 0) is 22.5 Å². The Kier molecular flexibility index (Phi) is 4.79. The van der Waals surface area contributed by atoms with Crippen LogP contribution >= 0.6 is 11.3 Å². The number of nitrogens with zero attached hydrogens (tertiary/aromatic N) is 2. The van der Waals surface area contributed by atoms with Gasteiger partial charge in [-0.2, -0.15) is 5.26 Å². The molecule has 8 nitrogen and oxygen atoms in total. The molecular formula is C19H17N3O5S. The average molecular weight is 399 g/mol. The van der Waals surface area contributed by atoms with Gasteiger partial charge in [-0.1, -0.05) is 12.1 Å². The Morgan fingerprint density at radius 3 is 2.89 bits per heavy atom. The second kappa shape index (κ2) is 7.40. The zero-order chi connectivity index (χ0) is 19.7. The summed E-state index contributed by atoms with van der Waals surface area (Å²) in [5.41, 5.74) is 1.31. The number of amides is 2. The van der Waals surface area contributed by atoms with E-state index in [4.69, 9.17) is 14.2 Å². The number of nitrogens with one attached hydrogen (secondary N) is 1. The first-order chi connectivity index (χ1) is 13.6. The molecule has 0 unspecified atom stereocenters. The van der Waals surface area contributed by atoms with Gasteiger partial charge in [-0.15, -0.1) is 11.3 Å². The summed E-state index contributed by atoms with van der Waals surface area (Å²) in [6.07, 6.45) is -0.683. The van der Waals surface area contributed by atoms with Crippen molar-refractivity contribution in [2.45, 2.75) is 19.1 Å². The van der Waals surface area contributed by atoms with Gasteiger partial charge in [-0.05, 0) is 24.1 Å². The third kappa shape index (κ3) is 3.23. The highest BCUT2D eigenvalue weighted by Crippen LogP contribution is 2.37. The lowest BCUT2D eigenvalue weighted by Gasteiger charge is -2.25. The second-order valence-electron chi connectivity index (χ2n) is 6.31. The van der Waals surface area contributed by atoms with Gasteiger partial charge in [0.25, 0.3) is 5.91 Å². The van der Waals surface area contributed by atoms with E-state index in [-0.39, 0.29) is 12.5 Å². The minimum atomic E-state index is -0.813. The first-order valence-corrected chi connectivity index (χ1v) is 9.49. The van der Waals surface area contributed by atoms with Gasteiger partial charge in [0.15, 0.2) is 11.5 Å². The van der Waals surface area contributed by atoms with Crippen LogP contribution in [0.5, 0.6) is 11.5 Å². The SMILES string of the molecule is COC(=O)N1CCc2c(sc(NC(=O)[C@@H]3COc4ccccc4O3)c2C#N)C1. The van der Waals surface area contributed by atoms with Crippen molar-refractivity contribution in [1.82, 2.24) is 4.90 Å². The number of carbonyl (C=O) groups excluding carboxylic acids is 2. The maximum absolute atomic E-state index is 12.7. The molecule has 2 aliphatic heterocycles. The quantitative estimate of drug-likeness (QED) is 0.833. The van der Waals surface area contributed by atoms with Gasteiger partial charge in [0, 0.05) is 11.4 Å². The molecule has 2 aliphatic rings.